The van der Waals surface area contributed by atoms with Crippen molar-refractivity contribution in [1.29, 1.82) is 0 Å². The van der Waals surface area contributed by atoms with E-state index in [2.05, 4.69) is 5.32 Å². The second kappa shape index (κ2) is 7.88. The summed E-state index contributed by atoms with van der Waals surface area (Å²) in [7, 11) is -3.59. The summed E-state index contributed by atoms with van der Waals surface area (Å²) in [5.41, 5.74) is 0.454. The summed E-state index contributed by atoms with van der Waals surface area (Å²) in [5, 5.41) is 2.96. The number of sulfonamides is 1. The molecule has 1 aromatic rings. The van der Waals surface area contributed by atoms with Crippen LogP contribution in [-0.4, -0.2) is 39.3 Å². The minimum absolute atomic E-state index is 0.154. The molecule has 1 unspecified atom stereocenters. The minimum Gasteiger partial charge on any atom is -0.494 e. The summed E-state index contributed by atoms with van der Waals surface area (Å²) < 4.78 is 31.0. The molecule has 1 atom stereocenters. The number of amides is 1. The Kier molecular flexibility index (Phi) is 6.10. The third kappa shape index (κ3) is 4.63. The molecule has 0 radical (unpaired) electrons. The molecular formula is C17H26N2O4S. The van der Waals surface area contributed by atoms with Crippen LogP contribution >= 0.6 is 0 Å². The maximum absolute atomic E-state index is 12.5. The molecule has 0 saturated heterocycles. The van der Waals surface area contributed by atoms with Crippen LogP contribution in [0.15, 0.2) is 24.3 Å². The number of anilines is 1. The Morgan fingerprint density at radius 3 is 2.38 bits per heavy atom. The molecule has 24 heavy (non-hydrogen) atoms. The predicted octanol–water partition coefficient (Wildman–Crippen LogP) is 2.30. The van der Waals surface area contributed by atoms with E-state index >= 15 is 0 Å². The first kappa shape index (κ1) is 18.6. The number of hydrogen-bond acceptors (Lipinski definition) is 4. The Morgan fingerprint density at radius 1 is 1.29 bits per heavy atom. The molecule has 0 aromatic heterocycles. The van der Waals surface area contributed by atoms with Crippen molar-refractivity contribution in [2.75, 3.05) is 17.2 Å². The molecule has 0 bridgehead atoms. The van der Waals surface area contributed by atoms with Gasteiger partial charge < -0.3 is 10.1 Å². The maximum atomic E-state index is 12.5. The van der Waals surface area contributed by atoms with Gasteiger partial charge in [0.15, 0.2) is 0 Å². The van der Waals surface area contributed by atoms with E-state index in [1.165, 1.54) is 0 Å². The zero-order valence-electron chi connectivity index (χ0n) is 14.5. The summed E-state index contributed by atoms with van der Waals surface area (Å²) in [6.45, 7) is 4.03. The lowest BCUT2D eigenvalue weighted by molar-refractivity contribution is -0.122. The Hall–Kier alpha value is -1.76. The van der Waals surface area contributed by atoms with E-state index < -0.39 is 16.1 Å². The quantitative estimate of drug-likeness (QED) is 0.815. The first-order valence-corrected chi connectivity index (χ1v) is 10.2. The number of carbonyl (C=O) groups excluding carboxylic acids is 1. The van der Waals surface area contributed by atoms with Crippen molar-refractivity contribution >= 4 is 21.6 Å². The van der Waals surface area contributed by atoms with Crippen LogP contribution in [0.5, 0.6) is 5.75 Å². The standard InChI is InChI=1S/C17H26N2O4S/c1-4-23-16-11-9-15(10-12-16)19(24(3,21)22)13(2)17(20)18-14-7-5-6-8-14/h9-14H,4-8H2,1-3H3,(H,18,20). The molecule has 1 saturated carbocycles. The topological polar surface area (TPSA) is 75.7 Å². The van der Waals surface area contributed by atoms with Crippen molar-refractivity contribution in [2.24, 2.45) is 0 Å². The number of nitrogens with zero attached hydrogens (tertiary/aromatic N) is 1. The van der Waals surface area contributed by atoms with Gasteiger partial charge in [0.25, 0.3) is 0 Å². The number of rotatable bonds is 7. The SMILES string of the molecule is CCOc1ccc(N(C(C)C(=O)NC2CCCC2)S(C)(=O)=O)cc1. The smallest absolute Gasteiger partial charge is 0.243 e. The van der Waals surface area contributed by atoms with Crippen LogP contribution in [0, 0.1) is 0 Å². The van der Waals surface area contributed by atoms with E-state index in [1.54, 1.807) is 31.2 Å². The van der Waals surface area contributed by atoms with Crippen LogP contribution in [0.1, 0.15) is 39.5 Å². The average Bonchev–Trinajstić information content (AvgIpc) is 3.01. The molecule has 1 amide bonds. The van der Waals surface area contributed by atoms with Gasteiger partial charge in [0.2, 0.25) is 15.9 Å². The normalized spacial score (nSPS) is 16.6. The van der Waals surface area contributed by atoms with Crippen molar-refractivity contribution in [1.82, 2.24) is 5.32 Å². The highest BCUT2D eigenvalue weighted by atomic mass is 32.2. The lowest BCUT2D eigenvalue weighted by atomic mass is 10.2. The highest BCUT2D eigenvalue weighted by molar-refractivity contribution is 7.92. The van der Waals surface area contributed by atoms with Crippen LogP contribution in [0.3, 0.4) is 0 Å². The van der Waals surface area contributed by atoms with Gasteiger partial charge in [-0.15, -0.1) is 0 Å². The van der Waals surface area contributed by atoms with Crippen molar-refractivity contribution < 1.29 is 17.9 Å². The molecule has 1 aliphatic rings. The van der Waals surface area contributed by atoms with Crippen molar-refractivity contribution in [3.8, 4) is 5.75 Å². The fourth-order valence-corrected chi connectivity index (χ4v) is 4.23. The van der Waals surface area contributed by atoms with Crippen LogP contribution in [0.25, 0.3) is 0 Å². The van der Waals surface area contributed by atoms with Crippen molar-refractivity contribution in [3.05, 3.63) is 24.3 Å². The highest BCUT2D eigenvalue weighted by Gasteiger charge is 2.30. The molecule has 6 nitrogen and oxygen atoms in total. The lowest BCUT2D eigenvalue weighted by Gasteiger charge is -2.29. The van der Waals surface area contributed by atoms with Gasteiger partial charge in [0.1, 0.15) is 11.8 Å². The van der Waals surface area contributed by atoms with Gasteiger partial charge in [-0.1, -0.05) is 12.8 Å². The molecule has 1 fully saturated rings. The molecule has 134 valence electrons. The molecule has 0 aliphatic heterocycles. The fourth-order valence-electron chi connectivity index (χ4n) is 3.06. The Balaban J connectivity index is 2.19. The molecule has 1 aromatic carbocycles. The van der Waals surface area contributed by atoms with Gasteiger partial charge in [0, 0.05) is 6.04 Å². The van der Waals surface area contributed by atoms with E-state index in [1.807, 2.05) is 6.92 Å². The zero-order chi connectivity index (χ0) is 17.7. The van der Waals surface area contributed by atoms with Crippen LogP contribution in [0.2, 0.25) is 0 Å². The van der Waals surface area contributed by atoms with Gasteiger partial charge >= 0.3 is 0 Å². The molecule has 2 rings (SSSR count). The number of hydrogen-bond donors (Lipinski definition) is 1. The fraction of sp³-hybridized carbons (Fsp3) is 0.588. The summed E-state index contributed by atoms with van der Waals surface area (Å²) in [4.78, 5) is 12.5. The van der Waals surface area contributed by atoms with Crippen LogP contribution in [-0.2, 0) is 14.8 Å². The van der Waals surface area contributed by atoms with E-state index in [0.717, 1.165) is 36.2 Å². The second-order valence-electron chi connectivity index (χ2n) is 6.15. The van der Waals surface area contributed by atoms with E-state index in [4.69, 9.17) is 4.74 Å². The molecule has 1 N–H and O–H groups in total. The third-order valence-corrected chi connectivity index (χ3v) is 5.43. The molecular weight excluding hydrogens is 328 g/mol. The summed E-state index contributed by atoms with van der Waals surface area (Å²) in [5.74, 6) is 0.402. The Labute approximate surface area is 144 Å². The van der Waals surface area contributed by atoms with Crippen molar-refractivity contribution in [2.45, 2.75) is 51.6 Å². The molecule has 0 heterocycles. The Bertz CT molecular complexity index is 652. The van der Waals surface area contributed by atoms with E-state index in [0.29, 0.717) is 18.0 Å². The Morgan fingerprint density at radius 2 is 1.88 bits per heavy atom. The number of ether oxygens (including phenoxy) is 1. The monoisotopic (exact) mass is 354 g/mol. The number of nitrogens with one attached hydrogen (secondary N) is 1. The largest absolute Gasteiger partial charge is 0.494 e. The molecule has 7 heteroatoms. The summed E-state index contributed by atoms with van der Waals surface area (Å²) in [6.07, 6.45) is 5.24. The van der Waals surface area contributed by atoms with E-state index in [-0.39, 0.29) is 11.9 Å². The zero-order valence-corrected chi connectivity index (χ0v) is 15.3. The molecule has 0 spiro atoms. The predicted molar refractivity (Wildman–Crippen MR) is 94.8 cm³/mol. The van der Waals surface area contributed by atoms with Gasteiger partial charge in [0.05, 0.1) is 18.6 Å². The van der Waals surface area contributed by atoms with Crippen molar-refractivity contribution in [3.63, 3.8) is 0 Å². The highest BCUT2D eigenvalue weighted by Crippen LogP contribution is 2.24. The summed E-state index contributed by atoms with van der Waals surface area (Å²) >= 11 is 0. The van der Waals surface area contributed by atoms with Crippen LogP contribution < -0.4 is 14.4 Å². The van der Waals surface area contributed by atoms with Gasteiger partial charge in [-0.2, -0.15) is 0 Å². The second-order valence-corrected chi connectivity index (χ2v) is 8.01. The number of benzene rings is 1. The lowest BCUT2D eigenvalue weighted by Crippen LogP contribution is -2.49. The summed E-state index contributed by atoms with van der Waals surface area (Å²) in [6, 6.07) is 6.08. The van der Waals surface area contributed by atoms with Gasteiger partial charge in [-0.05, 0) is 51.0 Å². The van der Waals surface area contributed by atoms with Gasteiger partial charge in [-0.25, -0.2) is 8.42 Å². The first-order chi connectivity index (χ1) is 11.3. The average molecular weight is 354 g/mol. The number of carbonyl (C=O) groups is 1. The molecule has 1 aliphatic carbocycles. The first-order valence-electron chi connectivity index (χ1n) is 8.35. The van der Waals surface area contributed by atoms with Crippen LogP contribution in [0.4, 0.5) is 5.69 Å². The minimum atomic E-state index is -3.59. The van der Waals surface area contributed by atoms with Gasteiger partial charge in [-0.3, -0.25) is 9.10 Å². The third-order valence-electron chi connectivity index (χ3n) is 4.19. The maximum Gasteiger partial charge on any atom is 0.243 e. The van der Waals surface area contributed by atoms with E-state index in [9.17, 15) is 13.2 Å².